The number of thiocarbonyl (C=S) groups is 1. The van der Waals surface area contributed by atoms with Crippen LogP contribution in [0.25, 0.3) is 11.3 Å². The van der Waals surface area contributed by atoms with Gasteiger partial charge in [0.25, 0.3) is 0 Å². The first-order chi connectivity index (χ1) is 19.2. The second-order valence-corrected chi connectivity index (χ2v) is 11.2. The Morgan fingerprint density at radius 2 is 1.90 bits per heavy atom. The second kappa shape index (κ2) is 11.0. The molecule has 2 atom stereocenters. The van der Waals surface area contributed by atoms with Gasteiger partial charge in [0, 0.05) is 17.4 Å². The number of benzene rings is 2. The molecule has 0 radical (unpaired) electrons. The van der Waals surface area contributed by atoms with Crippen molar-refractivity contribution in [3.05, 3.63) is 96.0 Å². The molecule has 0 amide bonds. The van der Waals surface area contributed by atoms with Crippen LogP contribution >= 0.6 is 12.2 Å². The first-order valence-electron chi connectivity index (χ1n) is 12.1. The molecule has 2 aromatic carbocycles. The summed E-state index contributed by atoms with van der Waals surface area (Å²) in [6.45, 7) is 0. The summed E-state index contributed by atoms with van der Waals surface area (Å²) >= 11 is 5.77. The number of carbonyl (C=O) groups is 1. The lowest BCUT2D eigenvalue weighted by atomic mass is 10.0. The molecule has 0 saturated carbocycles. The minimum Gasteiger partial charge on any atom is -0.495 e. The van der Waals surface area contributed by atoms with Crippen molar-refractivity contribution in [2.24, 2.45) is 0 Å². The number of furan rings is 1. The predicted molar refractivity (Wildman–Crippen MR) is 155 cm³/mol. The van der Waals surface area contributed by atoms with E-state index in [0.717, 1.165) is 11.9 Å². The van der Waals surface area contributed by atoms with Crippen LogP contribution in [0, 0.1) is 0 Å². The van der Waals surface area contributed by atoms with Crippen molar-refractivity contribution in [1.82, 2.24) is 10.3 Å². The molecule has 0 bridgehead atoms. The Bertz CT molecular complexity index is 1670. The van der Waals surface area contributed by atoms with Crippen molar-refractivity contribution < 1.29 is 27.1 Å². The van der Waals surface area contributed by atoms with E-state index in [2.05, 4.69) is 15.0 Å². The molecule has 206 valence electrons. The molecule has 5 rings (SSSR count). The number of hydrogen-bond acceptors (Lipinski definition) is 8. The van der Waals surface area contributed by atoms with Gasteiger partial charge < -0.3 is 24.1 Å². The first kappa shape index (κ1) is 27.2. The summed E-state index contributed by atoms with van der Waals surface area (Å²) in [5.41, 5.74) is 2.72. The lowest BCUT2D eigenvalue weighted by Gasteiger charge is -2.27. The number of pyridine rings is 1. The average molecular weight is 579 g/mol. The fraction of sp³-hybridized carbons (Fsp3) is 0.179. The Morgan fingerprint density at radius 1 is 1.07 bits per heavy atom. The number of nitrogens with one attached hydrogen (secondary N) is 2. The van der Waals surface area contributed by atoms with Crippen molar-refractivity contribution in [2.45, 2.75) is 12.1 Å². The van der Waals surface area contributed by atoms with Gasteiger partial charge in [-0.1, -0.05) is 18.2 Å². The molecule has 0 unspecified atom stereocenters. The summed E-state index contributed by atoms with van der Waals surface area (Å²) in [6, 6.07) is 20.5. The Balaban J connectivity index is 1.60. The van der Waals surface area contributed by atoms with Crippen LogP contribution in [0.5, 0.6) is 5.75 Å². The Labute approximate surface area is 237 Å². The first-order valence-corrected chi connectivity index (χ1v) is 14.4. The van der Waals surface area contributed by atoms with E-state index < -0.39 is 22.0 Å². The largest absolute Gasteiger partial charge is 0.495 e. The van der Waals surface area contributed by atoms with Gasteiger partial charge in [-0.25, -0.2) is 13.2 Å². The highest BCUT2D eigenvalue weighted by Gasteiger charge is 2.43. The number of aromatic nitrogens is 1. The van der Waals surface area contributed by atoms with E-state index in [9.17, 15) is 13.2 Å². The van der Waals surface area contributed by atoms with Gasteiger partial charge in [0.2, 0.25) is 10.0 Å². The van der Waals surface area contributed by atoms with Crippen LogP contribution in [0.2, 0.25) is 0 Å². The van der Waals surface area contributed by atoms with Crippen molar-refractivity contribution in [3.63, 3.8) is 0 Å². The molecule has 40 heavy (non-hydrogen) atoms. The molecule has 1 aliphatic heterocycles. The molecule has 2 aromatic heterocycles. The zero-order valence-corrected chi connectivity index (χ0v) is 23.5. The maximum absolute atomic E-state index is 12.1. The van der Waals surface area contributed by atoms with E-state index in [1.54, 1.807) is 42.6 Å². The summed E-state index contributed by atoms with van der Waals surface area (Å²) < 4.78 is 43.2. The third-order valence-corrected chi connectivity index (χ3v) is 7.25. The van der Waals surface area contributed by atoms with E-state index in [0.29, 0.717) is 39.2 Å². The Hall–Kier alpha value is -4.42. The van der Waals surface area contributed by atoms with E-state index >= 15 is 0 Å². The van der Waals surface area contributed by atoms with Crippen molar-refractivity contribution in [1.29, 1.82) is 0 Å². The molecular weight excluding hydrogens is 552 g/mol. The van der Waals surface area contributed by atoms with Crippen LogP contribution in [-0.2, 0) is 14.8 Å². The normalized spacial score (nSPS) is 16.9. The number of anilines is 2. The molecule has 1 aliphatic rings. The number of ether oxygens (including phenoxy) is 2. The van der Waals surface area contributed by atoms with Gasteiger partial charge in [-0.15, -0.1) is 0 Å². The monoisotopic (exact) mass is 578 g/mol. The summed E-state index contributed by atoms with van der Waals surface area (Å²) in [5.74, 6) is 1.04. The summed E-state index contributed by atoms with van der Waals surface area (Å²) in [7, 11) is -0.786. The highest BCUT2D eigenvalue weighted by Crippen LogP contribution is 2.44. The maximum Gasteiger partial charge on any atom is 0.337 e. The molecule has 3 heterocycles. The number of hydrogen-bond donors (Lipinski definition) is 2. The maximum atomic E-state index is 12.1. The molecule has 1 saturated heterocycles. The molecule has 4 aromatic rings. The smallest absolute Gasteiger partial charge is 0.337 e. The second-order valence-electron chi connectivity index (χ2n) is 9.03. The van der Waals surface area contributed by atoms with Gasteiger partial charge in [-0.3, -0.25) is 9.71 Å². The Morgan fingerprint density at radius 3 is 2.60 bits per heavy atom. The zero-order chi connectivity index (χ0) is 28.4. The minimum absolute atomic E-state index is 0.269. The predicted octanol–water partition coefficient (Wildman–Crippen LogP) is 4.69. The van der Waals surface area contributed by atoms with Gasteiger partial charge in [-0.05, 0) is 66.8 Å². The van der Waals surface area contributed by atoms with Crippen LogP contribution in [0.4, 0.5) is 11.4 Å². The zero-order valence-electron chi connectivity index (χ0n) is 21.8. The molecule has 1 fully saturated rings. The van der Waals surface area contributed by atoms with Gasteiger partial charge in [0.05, 0.1) is 43.5 Å². The lowest BCUT2D eigenvalue weighted by molar-refractivity contribution is 0.0600. The molecule has 12 heteroatoms. The molecule has 2 N–H and O–H groups in total. The fourth-order valence-electron chi connectivity index (χ4n) is 4.63. The lowest BCUT2D eigenvalue weighted by Crippen LogP contribution is -2.29. The molecule has 0 spiro atoms. The molecule has 0 aliphatic carbocycles. The van der Waals surface area contributed by atoms with E-state index in [-0.39, 0.29) is 11.7 Å². The Kier molecular flexibility index (Phi) is 7.46. The number of sulfonamides is 1. The third-order valence-electron chi connectivity index (χ3n) is 6.34. The molecule has 10 nitrogen and oxygen atoms in total. The van der Waals surface area contributed by atoms with E-state index in [4.69, 9.17) is 26.1 Å². The third kappa shape index (κ3) is 5.49. The van der Waals surface area contributed by atoms with Crippen LogP contribution in [0.1, 0.15) is 33.9 Å². The number of carbonyl (C=O) groups excluding carboxylic acids is 1. The van der Waals surface area contributed by atoms with Gasteiger partial charge in [0.1, 0.15) is 23.3 Å². The number of esters is 1. The van der Waals surface area contributed by atoms with Crippen LogP contribution < -0.4 is 19.7 Å². The van der Waals surface area contributed by atoms with E-state index in [1.165, 1.54) is 14.2 Å². The van der Waals surface area contributed by atoms with Gasteiger partial charge in [-0.2, -0.15) is 0 Å². The van der Waals surface area contributed by atoms with E-state index in [1.807, 2.05) is 41.3 Å². The standard InChI is InChI=1S/C28H26N4O6S2/c1-36-23-11-10-19(16-21(23)31-40(3,34)35)32-26(25(30-28(32)39)20-9-4-5-14-29-20)24-13-12-22(38-24)17-7-6-8-18(15-17)27(33)37-2/h4-16,25-26,31H,1-3H3,(H,30,39)/t25-,26-/m0/s1. The van der Waals surface area contributed by atoms with Crippen molar-refractivity contribution in [2.75, 3.05) is 30.1 Å². The molecular formula is C28H26N4O6S2. The average Bonchev–Trinajstić information content (AvgIpc) is 3.57. The topological polar surface area (TPSA) is 123 Å². The SMILES string of the molecule is COC(=O)c1cccc(-c2ccc([C@H]3[C@H](c4ccccn4)NC(=S)N3c3ccc(OC)c(NS(C)(=O)=O)c3)o2)c1. The summed E-state index contributed by atoms with van der Waals surface area (Å²) in [5, 5.41) is 3.75. The number of nitrogens with zero attached hydrogens (tertiary/aromatic N) is 2. The van der Waals surface area contributed by atoms with Gasteiger partial charge in [0.15, 0.2) is 5.11 Å². The summed E-state index contributed by atoms with van der Waals surface area (Å²) in [4.78, 5) is 18.5. The van der Waals surface area contributed by atoms with Crippen LogP contribution in [0.3, 0.4) is 0 Å². The summed E-state index contributed by atoms with van der Waals surface area (Å²) in [6.07, 6.45) is 2.77. The highest BCUT2D eigenvalue weighted by molar-refractivity contribution is 7.92. The quantitative estimate of drug-likeness (QED) is 0.225. The van der Waals surface area contributed by atoms with Crippen molar-refractivity contribution in [3.8, 4) is 17.1 Å². The van der Waals surface area contributed by atoms with Gasteiger partial charge >= 0.3 is 5.97 Å². The van der Waals surface area contributed by atoms with Crippen molar-refractivity contribution >= 4 is 44.7 Å². The number of methoxy groups -OCH3 is 2. The van der Waals surface area contributed by atoms with Crippen LogP contribution in [0.15, 0.2) is 83.4 Å². The number of rotatable bonds is 8. The highest BCUT2D eigenvalue weighted by atomic mass is 32.2. The minimum atomic E-state index is -3.58. The van der Waals surface area contributed by atoms with Crippen LogP contribution in [-0.4, -0.2) is 45.0 Å². The fourth-order valence-corrected chi connectivity index (χ4v) is 5.54.